The van der Waals surface area contributed by atoms with Crippen LogP contribution in [0, 0.1) is 0 Å². The molecule has 0 bridgehead atoms. The van der Waals surface area contributed by atoms with E-state index in [4.69, 9.17) is 15.5 Å². The van der Waals surface area contributed by atoms with Crippen molar-refractivity contribution >= 4 is 42.5 Å². The Morgan fingerprint density at radius 2 is 2.10 bits per heavy atom. The molecular weight excluding hydrogens is 194 g/mol. The Kier molecular flexibility index (Phi) is 6.54. The van der Waals surface area contributed by atoms with Crippen LogP contribution in [-0.4, -0.2) is 32.3 Å². The van der Waals surface area contributed by atoms with Crippen molar-refractivity contribution in [3.63, 3.8) is 0 Å². The number of nitrogens with two attached hydrogens (primary N) is 1. The van der Waals surface area contributed by atoms with Gasteiger partial charge >= 0.3 is 7.82 Å². The van der Waals surface area contributed by atoms with Crippen LogP contribution in [0.4, 0.5) is 0 Å². The van der Waals surface area contributed by atoms with Crippen molar-refractivity contribution < 1.29 is 19.0 Å². The van der Waals surface area contributed by atoms with Crippen molar-refractivity contribution in [1.82, 2.24) is 5.48 Å². The first kappa shape index (κ1) is 13.0. The lowest BCUT2D eigenvalue weighted by Crippen LogP contribution is -2.27. The average molecular weight is 202 g/mol. The van der Waals surface area contributed by atoms with Gasteiger partial charge in [-0.2, -0.15) is 4.62 Å². The molecule has 0 aromatic rings. The van der Waals surface area contributed by atoms with Gasteiger partial charge in [-0.1, -0.05) is 0 Å². The summed E-state index contributed by atoms with van der Waals surface area (Å²) in [7, 11) is -4.50. The monoisotopic (exact) mass is 202 g/mol. The molecule has 0 fully saturated rings. The molecule has 9 heteroatoms. The number of nitrogens with one attached hydrogen (secondary N) is 1. The van der Waals surface area contributed by atoms with Crippen LogP contribution in [0.25, 0.3) is 0 Å². The molecule has 6 nitrogen and oxygen atoms in total. The lowest BCUT2D eigenvalue weighted by molar-refractivity contribution is 0.164. The molecule has 0 radical (unpaired) electrons. The molecule has 0 rings (SSSR count). The molecule has 0 spiro atoms. The number of phosphoric acid groups is 1. The second-order valence-corrected chi connectivity index (χ2v) is 2.65. The van der Waals surface area contributed by atoms with Gasteiger partial charge in [-0.15, -0.1) is 0 Å². The molecule has 0 aliphatic carbocycles. The molecule has 5 N–H and O–H groups in total. The highest BCUT2D eigenvalue weighted by Crippen LogP contribution is 2.33. The minimum Gasteiger partial charge on any atom is -0.375 e. The smallest absolute Gasteiger partial charge is 0.375 e. The van der Waals surface area contributed by atoms with Crippen molar-refractivity contribution in [2.45, 2.75) is 0 Å². The van der Waals surface area contributed by atoms with Gasteiger partial charge in [-0.05, 0) is 12.2 Å². The van der Waals surface area contributed by atoms with Gasteiger partial charge in [0.2, 0.25) is 0 Å². The zero-order valence-corrected chi connectivity index (χ0v) is 5.85. The van der Waals surface area contributed by atoms with E-state index in [0.717, 1.165) is 0 Å². The summed E-state index contributed by atoms with van der Waals surface area (Å²) in [6, 6.07) is 0. The van der Waals surface area contributed by atoms with Crippen molar-refractivity contribution in [3.8, 4) is 0 Å². The van der Waals surface area contributed by atoms with Crippen LogP contribution >= 0.6 is 20.0 Å². The summed E-state index contributed by atoms with van der Waals surface area (Å²) >= 11 is 4.16. The van der Waals surface area contributed by atoms with Crippen molar-refractivity contribution in [1.29, 1.82) is 0 Å². The van der Waals surface area contributed by atoms with Gasteiger partial charge in [0.1, 0.15) is 0 Å². The molecule has 10 heavy (non-hydrogen) atoms. The summed E-state index contributed by atoms with van der Waals surface area (Å²) in [6.45, 7) is 0. The summed E-state index contributed by atoms with van der Waals surface area (Å²) in [5.74, 6) is 0. The van der Waals surface area contributed by atoms with Crippen molar-refractivity contribution in [2.24, 2.45) is 5.73 Å². The maximum Gasteiger partial charge on any atom is 0.491 e. The average Bonchev–Trinajstić information content (AvgIpc) is 1.59. The summed E-state index contributed by atoms with van der Waals surface area (Å²) in [5.41, 5.74) is 6.38. The highest BCUT2D eigenvalue weighted by atomic mass is 32.1. The Morgan fingerprint density at radius 3 is 2.20 bits per heavy atom. The van der Waals surface area contributed by atoms with Gasteiger partial charge in [-0.25, -0.2) is 10.0 Å². The summed E-state index contributed by atoms with van der Waals surface area (Å²) in [5, 5.41) is -0.335. The van der Waals surface area contributed by atoms with Crippen LogP contribution < -0.4 is 11.2 Å². The van der Waals surface area contributed by atoms with E-state index in [-0.39, 0.29) is 22.5 Å². The fourth-order valence-electron chi connectivity index (χ4n) is 0.104. The van der Waals surface area contributed by atoms with Crippen LogP contribution in [0.15, 0.2) is 0 Å². The van der Waals surface area contributed by atoms with E-state index in [1.165, 1.54) is 0 Å². The van der Waals surface area contributed by atoms with Gasteiger partial charge < -0.3 is 15.5 Å². The third-order valence-electron chi connectivity index (χ3n) is 0.265. The van der Waals surface area contributed by atoms with Crippen LogP contribution in [0.3, 0.4) is 0 Å². The number of hydrogen-bond acceptors (Lipinski definition) is 3. The van der Waals surface area contributed by atoms with E-state index in [1.54, 1.807) is 5.48 Å². The standard InChI is InChI=1S/CH5N2O4PS.Al.3H/c2-1(9)3-7-8(4,5)6;;;;/h(H3,2,3,9)(H2,4,5,6);;;;. The molecule has 0 atom stereocenters. The van der Waals surface area contributed by atoms with Gasteiger partial charge in [0.05, 0.1) is 0 Å². The van der Waals surface area contributed by atoms with E-state index >= 15 is 0 Å². The van der Waals surface area contributed by atoms with E-state index in [9.17, 15) is 4.57 Å². The van der Waals surface area contributed by atoms with Gasteiger partial charge in [0.25, 0.3) is 0 Å². The minimum atomic E-state index is -4.50. The molecule has 0 aliphatic rings. The molecule has 0 heterocycles. The Labute approximate surface area is 73.1 Å². The summed E-state index contributed by atoms with van der Waals surface area (Å²) < 4.78 is 13.5. The zero-order valence-electron chi connectivity index (χ0n) is 4.14. The Morgan fingerprint density at radius 1 is 1.70 bits per heavy atom. The second kappa shape index (κ2) is 5.05. The zero-order chi connectivity index (χ0) is 7.49. The van der Waals surface area contributed by atoms with E-state index in [2.05, 4.69) is 16.8 Å². The fraction of sp³-hybridized carbons (Fsp3) is 0. The third-order valence-corrected chi connectivity index (χ3v) is 0.678. The van der Waals surface area contributed by atoms with Crippen LogP contribution in [-0.2, 0) is 9.19 Å². The van der Waals surface area contributed by atoms with Crippen LogP contribution in [0.2, 0.25) is 0 Å². The first-order valence-corrected chi connectivity index (χ1v) is 3.65. The number of thiocarbonyl (C=S) groups is 1. The fourth-order valence-corrected chi connectivity index (χ4v) is 0.425. The van der Waals surface area contributed by atoms with Gasteiger partial charge in [0.15, 0.2) is 22.5 Å². The van der Waals surface area contributed by atoms with Crippen LogP contribution in [0.1, 0.15) is 0 Å². The Balaban J connectivity index is 0. The summed E-state index contributed by atoms with van der Waals surface area (Å²) in [4.78, 5) is 16.0. The molecule has 0 amide bonds. The van der Waals surface area contributed by atoms with Crippen LogP contribution in [0.5, 0.6) is 0 Å². The minimum absolute atomic E-state index is 0. The molecule has 0 aromatic carbocycles. The first-order valence-electron chi connectivity index (χ1n) is 1.71. The number of hydrogen-bond donors (Lipinski definition) is 4. The predicted molar refractivity (Wildman–Crippen MR) is 43.0 cm³/mol. The number of hydroxylamine groups is 1. The maximum absolute atomic E-state index is 9.83. The van der Waals surface area contributed by atoms with Crippen molar-refractivity contribution in [2.75, 3.05) is 0 Å². The molecule has 0 saturated carbocycles. The molecule has 60 valence electrons. The normalized spacial score (nSPS) is 9.80. The van der Waals surface area contributed by atoms with E-state index in [1.807, 2.05) is 0 Å². The predicted octanol–water partition coefficient (Wildman–Crippen LogP) is -2.34. The lowest BCUT2D eigenvalue weighted by Gasteiger charge is -2.03. The molecule has 0 aliphatic heterocycles. The lowest BCUT2D eigenvalue weighted by atomic mass is 11.2. The molecule has 0 saturated heterocycles. The quantitative estimate of drug-likeness (QED) is 0.172. The molecular formula is CH8AlN2O4PS. The highest BCUT2D eigenvalue weighted by Gasteiger charge is 2.13. The third kappa shape index (κ3) is 11.2. The molecule has 0 unspecified atom stereocenters. The SMILES string of the molecule is NC(=S)NOP(=O)(O)O.[AlH3]. The summed E-state index contributed by atoms with van der Waals surface area (Å²) in [6.07, 6.45) is 0. The Bertz CT molecular complexity index is 157. The topological polar surface area (TPSA) is 105 Å². The van der Waals surface area contributed by atoms with Gasteiger partial charge in [0, 0.05) is 0 Å². The molecule has 0 aromatic heterocycles. The van der Waals surface area contributed by atoms with Gasteiger partial charge in [-0.3, -0.25) is 0 Å². The van der Waals surface area contributed by atoms with Crippen molar-refractivity contribution in [3.05, 3.63) is 0 Å². The first-order chi connectivity index (χ1) is 3.92. The maximum atomic E-state index is 9.83. The van der Waals surface area contributed by atoms with E-state index in [0.29, 0.717) is 0 Å². The second-order valence-electron chi connectivity index (χ2n) is 1.05. The highest BCUT2D eigenvalue weighted by molar-refractivity contribution is 7.80. The largest absolute Gasteiger partial charge is 0.491 e. The number of rotatable bonds is 2. The van der Waals surface area contributed by atoms with E-state index < -0.39 is 7.82 Å². The Hall–Kier alpha value is 0.332.